The summed E-state index contributed by atoms with van der Waals surface area (Å²) in [5, 5.41) is 4.16. The highest BCUT2D eigenvalue weighted by atomic mass is 16.7. The van der Waals surface area contributed by atoms with Crippen LogP contribution in [0, 0.1) is 12.8 Å². The molecule has 0 spiro atoms. The summed E-state index contributed by atoms with van der Waals surface area (Å²) in [5.41, 5.74) is 3.01. The van der Waals surface area contributed by atoms with Crippen LogP contribution >= 0.6 is 0 Å². The van der Waals surface area contributed by atoms with Crippen LogP contribution in [0.1, 0.15) is 29.9 Å². The van der Waals surface area contributed by atoms with Crippen LogP contribution in [0.4, 0.5) is 0 Å². The molecule has 3 heterocycles. The molecule has 1 amide bonds. The average Bonchev–Trinajstić information content (AvgIpc) is 3.47. The standard InChI is InChI=1S/C25H25N3O4/c1-17-5-2-3-7-20(17)25-26-23(32-27-25)14-19-6-4-12-28(15-19)24(29)11-9-18-8-10-21-22(13-18)31-16-30-21/h2-3,5,7-11,13,19H,4,6,12,14-16H2,1H3. The van der Waals surface area contributed by atoms with E-state index in [-0.39, 0.29) is 12.7 Å². The summed E-state index contributed by atoms with van der Waals surface area (Å²) in [6, 6.07) is 13.7. The summed E-state index contributed by atoms with van der Waals surface area (Å²) in [4.78, 5) is 19.3. The molecule has 1 aromatic heterocycles. The summed E-state index contributed by atoms with van der Waals surface area (Å²) in [6.45, 7) is 3.72. The van der Waals surface area contributed by atoms with Crippen molar-refractivity contribution < 1.29 is 18.8 Å². The lowest BCUT2D eigenvalue weighted by Gasteiger charge is -2.31. The number of fused-ring (bicyclic) bond motifs is 1. The van der Waals surface area contributed by atoms with Crippen molar-refractivity contribution in [2.45, 2.75) is 26.2 Å². The Morgan fingerprint density at radius 3 is 2.97 bits per heavy atom. The second-order valence-electron chi connectivity index (χ2n) is 8.27. The molecule has 2 aliphatic heterocycles. The third-order valence-corrected chi connectivity index (χ3v) is 5.96. The zero-order chi connectivity index (χ0) is 21.9. The Hall–Kier alpha value is -3.61. The Morgan fingerprint density at radius 2 is 2.06 bits per heavy atom. The number of benzene rings is 2. The van der Waals surface area contributed by atoms with E-state index in [1.165, 1.54) is 0 Å². The Kier molecular flexibility index (Phi) is 5.62. The Balaban J connectivity index is 1.20. The maximum Gasteiger partial charge on any atom is 0.246 e. The summed E-state index contributed by atoms with van der Waals surface area (Å²) < 4.78 is 16.2. The van der Waals surface area contributed by atoms with Gasteiger partial charge in [-0.3, -0.25) is 4.79 Å². The van der Waals surface area contributed by atoms with Gasteiger partial charge < -0.3 is 18.9 Å². The van der Waals surface area contributed by atoms with E-state index < -0.39 is 0 Å². The van der Waals surface area contributed by atoms with Crippen molar-refractivity contribution in [1.29, 1.82) is 0 Å². The zero-order valence-electron chi connectivity index (χ0n) is 18.0. The van der Waals surface area contributed by atoms with Crippen LogP contribution in [-0.2, 0) is 11.2 Å². The molecule has 0 bridgehead atoms. The van der Waals surface area contributed by atoms with Gasteiger partial charge in [0.05, 0.1) is 0 Å². The highest BCUT2D eigenvalue weighted by Gasteiger charge is 2.25. The Morgan fingerprint density at radius 1 is 1.19 bits per heavy atom. The first-order chi connectivity index (χ1) is 15.7. The molecule has 1 saturated heterocycles. The molecule has 7 nitrogen and oxygen atoms in total. The number of aryl methyl sites for hydroxylation is 1. The SMILES string of the molecule is Cc1ccccc1-c1noc(CC2CCCN(C(=O)C=Cc3ccc4c(c3)OCO4)C2)n1. The van der Waals surface area contributed by atoms with Crippen LogP contribution in [0.15, 0.2) is 53.1 Å². The van der Waals surface area contributed by atoms with Gasteiger partial charge in [-0.15, -0.1) is 0 Å². The fraction of sp³-hybridized carbons (Fsp3) is 0.320. The van der Waals surface area contributed by atoms with E-state index in [9.17, 15) is 4.79 Å². The van der Waals surface area contributed by atoms with Gasteiger partial charge in [0.15, 0.2) is 11.5 Å². The number of rotatable bonds is 5. The average molecular weight is 431 g/mol. The van der Waals surface area contributed by atoms with E-state index in [0.717, 1.165) is 41.8 Å². The van der Waals surface area contributed by atoms with E-state index in [2.05, 4.69) is 10.1 Å². The van der Waals surface area contributed by atoms with E-state index in [1.54, 1.807) is 6.08 Å². The molecular formula is C25H25N3O4. The van der Waals surface area contributed by atoms with Gasteiger partial charge in [-0.25, -0.2) is 0 Å². The second kappa shape index (κ2) is 8.86. The molecule has 5 rings (SSSR count). The first-order valence-electron chi connectivity index (χ1n) is 10.9. The van der Waals surface area contributed by atoms with Gasteiger partial charge in [0.25, 0.3) is 0 Å². The van der Waals surface area contributed by atoms with Gasteiger partial charge >= 0.3 is 0 Å². The zero-order valence-corrected chi connectivity index (χ0v) is 18.0. The minimum Gasteiger partial charge on any atom is -0.454 e. The second-order valence-corrected chi connectivity index (χ2v) is 8.27. The molecule has 7 heteroatoms. The summed E-state index contributed by atoms with van der Waals surface area (Å²) in [6.07, 6.45) is 6.13. The van der Waals surface area contributed by atoms with Crippen molar-refractivity contribution in [3.05, 3.63) is 65.6 Å². The van der Waals surface area contributed by atoms with Gasteiger partial charge in [-0.1, -0.05) is 35.5 Å². The maximum absolute atomic E-state index is 12.8. The number of likely N-dealkylation sites (tertiary alicyclic amines) is 1. The van der Waals surface area contributed by atoms with Crippen molar-refractivity contribution in [3.63, 3.8) is 0 Å². The number of hydrogen-bond acceptors (Lipinski definition) is 6. The summed E-state index contributed by atoms with van der Waals surface area (Å²) >= 11 is 0. The predicted octanol–water partition coefficient (Wildman–Crippen LogP) is 4.27. The molecule has 32 heavy (non-hydrogen) atoms. The fourth-order valence-electron chi connectivity index (χ4n) is 4.24. The van der Waals surface area contributed by atoms with Crippen molar-refractivity contribution >= 4 is 12.0 Å². The van der Waals surface area contributed by atoms with Gasteiger partial charge in [-0.2, -0.15) is 4.98 Å². The summed E-state index contributed by atoms with van der Waals surface area (Å²) in [5.74, 6) is 3.00. The van der Waals surface area contributed by atoms with E-state index in [1.807, 2.05) is 60.4 Å². The molecule has 2 aliphatic rings. The minimum atomic E-state index is 0.0125. The van der Waals surface area contributed by atoms with Crippen molar-refractivity contribution in [2.75, 3.05) is 19.9 Å². The summed E-state index contributed by atoms with van der Waals surface area (Å²) in [7, 11) is 0. The highest BCUT2D eigenvalue weighted by molar-refractivity contribution is 5.92. The van der Waals surface area contributed by atoms with Crippen LogP contribution in [0.3, 0.4) is 0 Å². The lowest BCUT2D eigenvalue weighted by molar-refractivity contribution is -0.127. The third kappa shape index (κ3) is 4.37. The molecule has 164 valence electrons. The Bertz CT molecular complexity index is 1150. The molecule has 1 unspecified atom stereocenters. The smallest absolute Gasteiger partial charge is 0.246 e. The Labute approximate surface area is 186 Å². The number of ether oxygens (including phenoxy) is 2. The molecule has 2 aromatic carbocycles. The lowest BCUT2D eigenvalue weighted by atomic mass is 9.94. The molecule has 0 aliphatic carbocycles. The number of piperidine rings is 1. The van der Waals surface area contributed by atoms with Gasteiger partial charge in [0.1, 0.15) is 0 Å². The largest absolute Gasteiger partial charge is 0.454 e. The van der Waals surface area contributed by atoms with Gasteiger partial charge in [0.2, 0.25) is 24.4 Å². The molecular weight excluding hydrogens is 406 g/mol. The third-order valence-electron chi connectivity index (χ3n) is 5.96. The van der Waals surface area contributed by atoms with Crippen LogP contribution in [0.5, 0.6) is 11.5 Å². The number of carbonyl (C=O) groups excluding carboxylic acids is 1. The number of nitrogens with zero attached hydrogens (tertiary/aromatic N) is 3. The number of carbonyl (C=O) groups is 1. The first kappa shape index (κ1) is 20.3. The van der Waals surface area contributed by atoms with Crippen molar-refractivity contribution in [2.24, 2.45) is 5.92 Å². The lowest BCUT2D eigenvalue weighted by Crippen LogP contribution is -2.39. The molecule has 0 N–H and O–H groups in total. The monoisotopic (exact) mass is 431 g/mol. The first-order valence-corrected chi connectivity index (χ1v) is 10.9. The van der Waals surface area contributed by atoms with E-state index in [0.29, 0.717) is 36.3 Å². The number of amides is 1. The molecule has 0 saturated carbocycles. The molecule has 0 radical (unpaired) electrons. The molecule has 1 atom stereocenters. The molecule has 1 fully saturated rings. The predicted molar refractivity (Wildman–Crippen MR) is 119 cm³/mol. The van der Waals surface area contributed by atoms with Crippen LogP contribution < -0.4 is 9.47 Å². The van der Waals surface area contributed by atoms with Gasteiger partial charge in [-0.05, 0) is 55.0 Å². The van der Waals surface area contributed by atoms with Crippen LogP contribution in [-0.4, -0.2) is 40.8 Å². The van der Waals surface area contributed by atoms with Crippen LogP contribution in [0.25, 0.3) is 17.5 Å². The van der Waals surface area contributed by atoms with E-state index in [4.69, 9.17) is 14.0 Å². The van der Waals surface area contributed by atoms with Crippen molar-refractivity contribution in [1.82, 2.24) is 15.0 Å². The quantitative estimate of drug-likeness (QED) is 0.562. The topological polar surface area (TPSA) is 77.7 Å². The highest BCUT2D eigenvalue weighted by Crippen LogP contribution is 2.33. The minimum absolute atomic E-state index is 0.0125. The normalized spacial score (nSPS) is 17.8. The maximum atomic E-state index is 12.8. The fourth-order valence-corrected chi connectivity index (χ4v) is 4.24. The van der Waals surface area contributed by atoms with Crippen molar-refractivity contribution in [3.8, 4) is 22.9 Å². The van der Waals surface area contributed by atoms with Crippen LogP contribution in [0.2, 0.25) is 0 Å². The number of aromatic nitrogens is 2. The van der Waals surface area contributed by atoms with Gasteiger partial charge in [0, 0.05) is 31.1 Å². The molecule has 3 aromatic rings. The van der Waals surface area contributed by atoms with E-state index >= 15 is 0 Å². The number of hydrogen-bond donors (Lipinski definition) is 0.